The van der Waals surface area contributed by atoms with Gasteiger partial charge >= 0.3 is 6.03 Å². The zero-order valence-electron chi connectivity index (χ0n) is 6.35. The number of urea groups is 1. The van der Waals surface area contributed by atoms with Crippen molar-refractivity contribution in [2.24, 2.45) is 21.1 Å². The minimum Gasteiger partial charge on any atom is -0.393 e. The largest absolute Gasteiger partial charge is 0.393 e. The Hall–Kier alpha value is -1.10. The number of amidine groups is 1. The lowest BCUT2D eigenvalue weighted by molar-refractivity contribution is 0.164. The van der Waals surface area contributed by atoms with Gasteiger partial charge in [-0.3, -0.25) is 0 Å². The first-order chi connectivity index (χ1) is 5.11. The van der Waals surface area contributed by atoms with E-state index in [2.05, 4.69) is 15.2 Å². The van der Waals surface area contributed by atoms with Gasteiger partial charge in [0.15, 0.2) is 5.84 Å². The minimum atomic E-state index is -0.590. The van der Waals surface area contributed by atoms with Crippen LogP contribution in [0.4, 0.5) is 4.79 Å². The maximum atomic E-state index is 10.5. The molecule has 0 saturated heterocycles. The molecular formula is C6H9N3O2. The van der Waals surface area contributed by atoms with Gasteiger partial charge in [0.2, 0.25) is 0 Å². The highest BCUT2D eigenvalue weighted by atomic mass is 16.3. The van der Waals surface area contributed by atoms with Crippen molar-refractivity contribution in [3.8, 4) is 0 Å². The summed E-state index contributed by atoms with van der Waals surface area (Å²) in [6.45, 7) is 3.35. The molecule has 0 saturated carbocycles. The molecule has 0 aromatic rings. The maximum Gasteiger partial charge on any atom is 0.387 e. The molecule has 5 heteroatoms. The summed E-state index contributed by atoms with van der Waals surface area (Å²) in [6, 6.07) is -0.590. The van der Waals surface area contributed by atoms with Crippen LogP contribution in [0, 0.1) is 5.92 Å². The van der Waals surface area contributed by atoms with Crippen LogP contribution >= 0.6 is 0 Å². The molecule has 0 unspecified atom stereocenters. The summed E-state index contributed by atoms with van der Waals surface area (Å²) in [5.41, 5.74) is 0. The van der Waals surface area contributed by atoms with Crippen LogP contribution in [0.3, 0.4) is 0 Å². The first kappa shape index (κ1) is 8.00. The van der Waals surface area contributed by atoms with Crippen LogP contribution in [0.25, 0.3) is 0 Å². The van der Waals surface area contributed by atoms with Crippen molar-refractivity contribution in [3.63, 3.8) is 0 Å². The molecule has 11 heavy (non-hydrogen) atoms. The Morgan fingerprint density at radius 3 is 2.36 bits per heavy atom. The van der Waals surface area contributed by atoms with E-state index in [1.54, 1.807) is 13.8 Å². The second-order valence-electron chi connectivity index (χ2n) is 2.48. The molecule has 0 aromatic carbocycles. The number of carbonyl (C=O) groups excluding carboxylic acids is 1. The SMILES string of the molecule is C[C@H](C1=NC(=O)N=N1)[C@@H](C)O. The Labute approximate surface area is 63.9 Å². The first-order valence-corrected chi connectivity index (χ1v) is 3.33. The minimum absolute atomic E-state index is 0.231. The highest BCUT2D eigenvalue weighted by Gasteiger charge is 2.20. The standard InChI is InChI=1S/C6H9N3O2/c1-3(4(2)10)5-7-6(11)9-8-5/h3-4,10H,1-2H3/t3-,4+/m0/s1. The van der Waals surface area contributed by atoms with E-state index in [1.807, 2.05) is 0 Å². The van der Waals surface area contributed by atoms with Gasteiger partial charge in [0, 0.05) is 5.92 Å². The van der Waals surface area contributed by atoms with Gasteiger partial charge in [-0.15, -0.1) is 5.11 Å². The van der Waals surface area contributed by atoms with Gasteiger partial charge < -0.3 is 5.11 Å². The lowest BCUT2D eigenvalue weighted by Gasteiger charge is -2.09. The number of amides is 2. The molecule has 2 atom stereocenters. The highest BCUT2D eigenvalue weighted by Crippen LogP contribution is 2.11. The molecule has 1 heterocycles. The van der Waals surface area contributed by atoms with Crippen LogP contribution < -0.4 is 0 Å². The number of azo groups is 1. The molecule has 60 valence electrons. The van der Waals surface area contributed by atoms with E-state index >= 15 is 0 Å². The number of hydrogen-bond acceptors (Lipinski definition) is 3. The molecular weight excluding hydrogens is 146 g/mol. The Balaban J connectivity index is 2.70. The van der Waals surface area contributed by atoms with Crippen LogP contribution in [-0.4, -0.2) is 23.1 Å². The van der Waals surface area contributed by atoms with E-state index in [1.165, 1.54) is 0 Å². The van der Waals surface area contributed by atoms with Gasteiger partial charge in [-0.1, -0.05) is 12.0 Å². The normalized spacial score (nSPS) is 21.7. The third-order valence-electron chi connectivity index (χ3n) is 1.58. The Kier molecular flexibility index (Phi) is 2.09. The van der Waals surface area contributed by atoms with E-state index in [-0.39, 0.29) is 5.92 Å². The monoisotopic (exact) mass is 155 g/mol. The van der Waals surface area contributed by atoms with E-state index in [0.29, 0.717) is 5.84 Å². The fraction of sp³-hybridized carbons (Fsp3) is 0.667. The van der Waals surface area contributed by atoms with Crippen molar-refractivity contribution in [2.75, 3.05) is 0 Å². The first-order valence-electron chi connectivity index (χ1n) is 3.33. The van der Waals surface area contributed by atoms with Crippen LogP contribution in [0.1, 0.15) is 13.8 Å². The molecule has 1 N–H and O–H groups in total. The summed E-state index contributed by atoms with van der Waals surface area (Å²) >= 11 is 0. The maximum absolute atomic E-state index is 10.5. The summed E-state index contributed by atoms with van der Waals surface area (Å²) < 4.78 is 0. The lowest BCUT2D eigenvalue weighted by Crippen LogP contribution is -2.20. The summed E-state index contributed by atoms with van der Waals surface area (Å²) in [6.07, 6.45) is -0.557. The Bertz CT molecular complexity index is 232. The molecule has 1 aliphatic rings. The Morgan fingerprint density at radius 2 is 2.00 bits per heavy atom. The number of aliphatic imine (C=N–C) groups is 1. The van der Waals surface area contributed by atoms with Gasteiger partial charge in [-0.05, 0) is 6.92 Å². The highest BCUT2D eigenvalue weighted by molar-refractivity contribution is 5.99. The third-order valence-corrected chi connectivity index (χ3v) is 1.58. The fourth-order valence-electron chi connectivity index (χ4n) is 0.645. The summed E-state index contributed by atoms with van der Waals surface area (Å²) in [4.78, 5) is 13.9. The summed E-state index contributed by atoms with van der Waals surface area (Å²) in [7, 11) is 0. The molecule has 0 aromatic heterocycles. The number of nitrogens with zero attached hydrogens (tertiary/aromatic N) is 3. The van der Waals surface area contributed by atoms with E-state index in [0.717, 1.165) is 0 Å². The lowest BCUT2D eigenvalue weighted by atomic mass is 10.1. The van der Waals surface area contributed by atoms with Gasteiger partial charge in [0.05, 0.1) is 6.10 Å². The second-order valence-corrected chi connectivity index (χ2v) is 2.48. The second kappa shape index (κ2) is 2.87. The van der Waals surface area contributed by atoms with E-state index in [9.17, 15) is 4.79 Å². The van der Waals surface area contributed by atoms with E-state index < -0.39 is 12.1 Å². The molecule has 1 aliphatic heterocycles. The number of aliphatic hydroxyl groups is 1. The van der Waals surface area contributed by atoms with Crippen LogP contribution in [0.2, 0.25) is 0 Å². The van der Waals surface area contributed by atoms with Crippen molar-refractivity contribution in [1.82, 2.24) is 0 Å². The van der Waals surface area contributed by atoms with Crippen LogP contribution in [0.15, 0.2) is 15.2 Å². The van der Waals surface area contributed by atoms with Crippen molar-refractivity contribution in [1.29, 1.82) is 0 Å². The number of rotatable bonds is 2. The van der Waals surface area contributed by atoms with Crippen molar-refractivity contribution in [2.45, 2.75) is 20.0 Å². The molecule has 2 amide bonds. The van der Waals surface area contributed by atoms with Gasteiger partial charge in [-0.25, -0.2) is 4.79 Å². The average Bonchev–Trinajstić information content (AvgIpc) is 2.34. The van der Waals surface area contributed by atoms with Crippen LogP contribution in [0.5, 0.6) is 0 Å². The third kappa shape index (κ3) is 1.68. The average molecular weight is 155 g/mol. The van der Waals surface area contributed by atoms with Gasteiger partial charge in [-0.2, -0.15) is 4.99 Å². The van der Waals surface area contributed by atoms with Crippen molar-refractivity contribution in [3.05, 3.63) is 0 Å². The quantitative estimate of drug-likeness (QED) is 0.645. The van der Waals surface area contributed by atoms with Crippen molar-refractivity contribution >= 4 is 11.9 Å². The molecule has 0 aliphatic carbocycles. The fourth-order valence-corrected chi connectivity index (χ4v) is 0.645. The molecule has 0 fully saturated rings. The van der Waals surface area contributed by atoms with Crippen molar-refractivity contribution < 1.29 is 9.90 Å². The summed E-state index contributed by atoms with van der Waals surface area (Å²) in [5, 5.41) is 15.8. The van der Waals surface area contributed by atoms with Gasteiger partial charge in [0.1, 0.15) is 0 Å². The predicted molar refractivity (Wildman–Crippen MR) is 38.5 cm³/mol. The van der Waals surface area contributed by atoms with Gasteiger partial charge in [0.25, 0.3) is 0 Å². The smallest absolute Gasteiger partial charge is 0.387 e. The number of carbonyl (C=O) groups is 1. The molecule has 5 nitrogen and oxygen atoms in total. The van der Waals surface area contributed by atoms with E-state index in [4.69, 9.17) is 5.11 Å². The molecule has 0 bridgehead atoms. The molecule has 1 rings (SSSR count). The van der Waals surface area contributed by atoms with Crippen LogP contribution in [-0.2, 0) is 0 Å². The Morgan fingerprint density at radius 1 is 1.36 bits per heavy atom. The molecule has 0 spiro atoms. The number of hydrogen-bond donors (Lipinski definition) is 1. The predicted octanol–water partition coefficient (Wildman–Crippen LogP) is 0.988. The molecule has 0 radical (unpaired) electrons. The summed E-state index contributed by atoms with van der Waals surface area (Å²) in [5.74, 6) is 0.0789. The zero-order valence-corrected chi connectivity index (χ0v) is 6.35. The zero-order chi connectivity index (χ0) is 8.43. The number of aliphatic hydroxyl groups excluding tert-OH is 1. The topological polar surface area (TPSA) is 74.4 Å².